The molecule has 1 saturated carbocycles. The van der Waals surface area contributed by atoms with Gasteiger partial charge in [0.1, 0.15) is 0 Å². The van der Waals surface area contributed by atoms with Crippen molar-refractivity contribution in [2.75, 3.05) is 33.2 Å². The van der Waals surface area contributed by atoms with Crippen LogP contribution in [-0.2, 0) is 6.54 Å². The molecule has 0 amide bonds. The number of hydrogen-bond donors (Lipinski definition) is 0. The second kappa shape index (κ2) is 6.73. The maximum atomic E-state index is 2.63. The van der Waals surface area contributed by atoms with Gasteiger partial charge in [-0.25, -0.2) is 0 Å². The third-order valence-electron chi connectivity index (χ3n) is 5.09. The van der Waals surface area contributed by atoms with Crippen LogP contribution in [0.3, 0.4) is 0 Å². The summed E-state index contributed by atoms with van der Waals surface area (Å²) in [6.45, 7) is 6.02. The van der Waals surface area contributed by atoms with E-state index in [0.717, 1.165) is 12.5 Å². The minimum Gasteiger partial charge on any atom is -0.304 e. The first kappa shape index (κ1) is 14.1. The summed E-state index contributed by atoms with van der Waals surface area (Å²) >= 11 is 0. The molecule has 3 rings (SSSR count). The lowest BCUT2D eigenvalue weighted by Crippen LogP contribution is -2.44. The van der Waals surface area contributed by atoms with Crippen LogP contribution in [0.25, 0.3) is 0 Å². The van der Waals surface area contributed by atoms with Crippen molar-refractivity contribution >= 4 is 0 Å². The van der Waals surface area contributed by atoms with Gasteiger partial charge in [-0.05, 0) is 36.9 Å². The topological polar surface area (TPSA) is 6.48 Å². The molecule has 0 N–H and O–H groups in total. The van der Waals surface area contributed by atoms with Gasteiger partial charge in [0.05, 0.1) is 0 Å². The minimum absolute atomic E-state index is 0.826. The average Bonchev–Trinajstić information content (AvgIpc) is 2.51. The SMILES string of the molecule is CN1CCN(Cc2ccccc2C2CCCCC2)CC1. The van der Waals surface area contributed by atoms with Gasteiger partial charge >= 0.3 is 0 Å². The fraction of sp³-hybridized carbons (Fsp3) is 0.667. The molecule has 1 aromatic carbocycles. The zero-order chi connectivity index (χ0) is 13.8. The lowest BCUT2D eigenvalue weighted by atomic mass is 9.82. The molecule has 1 aromatic rings. The molecule has 2 aliphatic rings. The Balaban J connectivity index is 1.69. The second-order valence-corrected chi connectivity index (χ2v) is 6.61. The molecule has 2 nitrogen and oxygen atoms in total. The number of hydrogen-bond acceptors (Lipinski definition) is 2. The molecular weight excluding hydrogens is 244 g/mol. The van der Waals surface area contributed by atoms with Crippen molar-refractivity contribution in [2.45, 2.75) is 44.6 Å². The molecule has 1 aliphatic carbocycles. The van der Waals surface area contributed by atoms with E-state index in [1.54, 1.807) is 11.1 Å². The average molecular weight is 272 g/mol. The van der Waals surface area contributed by atoms with Gasteiger partial charge in [0.15, 0.2) is 0 Å². The van der Waals surface area contributed by atoms with Crippen molar-refractivity contribution in [3.8, 4) is 0 Å². The molecule has 2 fully saturated rings. The monoisotopic (exact) mass is 272 g/mol. The fourth-order valence-electron chi connectivity index (χ4n) is 3.74. The Bertz CT molecular complexity index is 415. The smallest absolute Gasteiger partial charge is 0.0237 e. The standard InChI is InChI=1S/C18H28N2/c1-19-11-13-20(14-12-19)15-17-9-5-6-10-18(17)16-7-3-2-4-8-16/h5-6,9-10,16H,2-4,7-8,11-15H2,1H3. The van der Waals surface area contributed by atoms with E-state index < -0.39 is 0 Å². The van der Waals surface area contributed by atoms with Gasteiger partial charge < -0.3 is 4.90 Å². The molecule has 0 atom stereocenters. The van der Waals surface area contributed by atoms with E-state index >= 15 is 0 Å². The largest absolute Gasteiger partial charge is 0.304 e. The van der Waals surface area contributed by atoms with Gasteiger partial charge in [-0.3, -0.25) is 4.90 Å². The minimum atomic E-state index is 0.826. The van der Waals surface area contributed by atoms with Gasteiger partial charge in [0, 0.05) is 32.7 Å². The molecule has 1 heterocycles. The van der Waals surface area contributed by atoms with Gasteiger partial charge in [0.25, 0.3) is 0 Å². The van der Waals surface area contributed by atoms with Crippen LogP contribution in [0.1, 0.15) is 49.1 Å². The highest BCUT2D eigenvalue weighted by Crippen LogP contribution is 2.34. The first-order valence-electron chi connectivity index (χ1n) is 8.31. The summed E-state index contributed by atoms with van der Waals surface area (Å²) in [4.78, 5) is 5.06. The Morgan fingerprint density at radius 3 is 2.40 bits per heavy atom. The van der Waals surface area contributed by atoms with Crippen molar-refractivity contribution < 1.29 is 0 Å². The number of benzene rings is 1. The van der Waals surface area contributed by atoms with Crippen LogP contribution >= 0.6 is 0 Å². The number of rotatable bonds is 3. The maximum Gasteiger partial charge on any atom is 0.0237 e. The predicted octanol–water partition coefficient (Wildman–Crippen LogP) is 3.48. The summed E-state index contributed by atoms with van der Waals surface area (Å²) in [6.07, 6.45) is 7.09. The predicted molar refractivity (Wildman–Crippen MR) is 85.0 cm³/mol. The third kappa shape index (κ3) is 3.42. The molecule has 110 valence electrons. The maximum absolute atomic E-state index is 2.63. The molecule has 0 unspecified atom stereocenters. The fourth-order valence-corrected chi connectivity index (χ4v) is 3.74. The zero-order valence-electron chi connectivity index (χ0n) is 12.9. The third-order valence-corrected chi connectivity index (χ3v) is 5.09. The number of likely N-dealkylation sites (N-methyl/N-ethyl adjacent to an activating group) is 1. The highest BCUT2D eigenvalue weighted by atomic mass is 15.2. The number of piperazine rings is 1. The highest BCUT2D eigenvalue weighted by molar-refractivity contribution is 5.30. The molecule has 20 heavy (non-hydrogen) atoms. The van der Waals surface area contributed by atoms with E-state index in [2.05, 4.69) is 41.1 Å². The number of nitrogens with zero attached hydrogens (tertiary/aromatic N) is 2. The Morgan fingerprint density at radius 1 is 0.950 bits per heavy atom. The summed E-state index contributed by atoms with van der Waals surface area (Å²) in [7, 11) is 2.23. The van der Waals surface area contributed by atoms with Crippen LogP contribution < -0.4 is 0 Å². The Labute approximate surface area is 123 Å². The molecule has 1 saturated heterocycles. The first-order valence-corrected chi connectivity index (χ1v) is 8.31. The molecular formula is C18H28N2. The highest BCUT2D eigenvalue weighted by Gasteiger charge is 2.20. The van der Waals surface area contributed by atoms with Crippen LogP contribution in [0, 0.1) is 0 Å². The van der Waals surface area contributed by atoms with E-state index in [9.17, 15) is 0 Å². The van der Waals surface area contributed by atoms with Gasteiger partial charge in [-0.1, -0.05) is 43.5 Å². The van der Waals surface area contributed by atoms with Crippen LogP contribution in [0.2, 0.25) is 0 Å². The van der Waals surface area contributed by atoms with E-state index in [4.69, 9.17) is 0 Å². The van der Waals surface area contributed by atoms with Crippen LogP contribution in [0.5, 0.6) is 0 Å². The molecule has 0 spiro atoms. The van der Waals surface area contributed by atoms with E-state index in [1.165, 1.54) is 58.3 Å². The summed E-state index contributed by atoms with van der Waals surface area (Å²) in [5, 5.41) is 0. The van der Waals surface area contributed by atoms with Crippen molar-refractivity contribution in [1.29, 1.82) is 0 Å². The van der Waals surface area contributed by atoms with Crippen molar-refractivity contribution in [3.05, 3.63) is 35.4 Å². The lowest BCUT2D eigenvalue weighted by molar-refractivity contribution is 0.147. The summed E-state index contributed by atoms with van der Waals surface area (Å²) in [6, 6.07) is 9.21. The summed E-state index contributed by atoms with van der Waals surface area (Å²) < 4.78 is 0. The molecule has 1 aliphatic heterocycles. The van der Waals surface area contributed by atoms with Crippen LogP contribution in [0.4, 0.5) is 0 Å². The molecule has 0 aromatic heterocycles. The Kier molecular flexibility index (Phi) is 4.74. The lowest BCUT2D eigenvalue weighted by Gasteiger charge is -2.33. The molecule has 2 heteroatoms. The van der Waals surface area contributed by atoms with E-state index in [1.807, 2.05) is 0 Å². The zero-order valence-corrected chi connectivity index (χ0v) is 12.9. The quantitative estimate of drug-likeness (QED) is 0.831. The van der Waals surface area contributed by atoms with Gasteiger partial charge in [-0.15, -0.1) is 0 Å². The second-order valence-electron chi connectivity index (χ2n) is 6.61. The van der Waals surface area contributed by atoms with Crippen LogP contribution in [0.15, 0.2) is 24.3 Å². The van der Waals surface area contributed by atoms with E-state index in [-0.39, 0.29) is 0 Å². The van der Waals surface area contributed by atoms with Crippen molar-refractivity contribution in [2.24, 2.45) is 0 Å². The Hall–Kier alpha value is -0.860. The van der Waals surface area contributed by atoms with E-state index in [0.29, 0.717) is 0 Å². The van der Waals surface area contributed by atoms with Crippen molar-refractivity contribution in [3.63, 3.8) is 0 Å². The Morgan fingerprint density at radius 2 is 1.65 bits per heavy atom. The van der Waals surface area contributed by atoms with Crippen molar-refractivity contribution in [1.82, 2.24) is 9.80 Å². The molecule has 0 bridgehead atoms. The first-order chi connectivity index (χ1) is 9.83. The van der Waals surface area contributed by atoms with Gasteiger partial charge in [-0.2, -0.15) is 0 Å². The van der Waals surface area contributed by atoms with Crippen LogP contribution in [-0.4, -0.2) is 43.0 Å². The summed E-state index contributed by atoms with van der Waals surface area (Å²) in [5.41, 5.74) is 3.23. The van der Waals surface area contributed by atoms with Gasteiger partial charge in [0.2, 0.25) is 0 Å². The molecule has 0 radical (unpaired) electrons. The normalized spacial score (nSPS) is 23.1. The summed E-state index contributed by atoms with van der Waals surface area (Å²) in [5.74, 6) is 0.826.